The van der Waals surface area contributed by atoms with Crippen molar-refractivity contribution in [1.29, 1.82) is 0 Å². The summed E-state index contributed by atoms with van der Waals surface area (Å²) < 4.78 is 0. The molecule has 2 rings (SSSR count). The minimum atomic E-state index is 0.128. The van der Waals surface area contributed by atoms with Crippen molar-refractivity contribution in [2.75, 3.05) is 5.32 Å². The molecule has 2 aromatic heterocycles. The van der Waals surface area contributed by atoms with Crippen molar-refractivity contribution >= 4 is 17.3 Å². The summed E-state index contributed by atoms with van der Waals surface area (Å²) in [6.45, 7) is 10.3. The highest BCUT2D eigenvalue weighted by molar-refractivity contribution is 6.32. The van der Waals surface area contributed by atoms with E-state index < -0.39 is 0 Å². The average molecular weight is 290 g/mol. The number of aryl methyl sites for hydroxylation is 4. The second-order valence-corrected chi connectivity index (χ2v) is 5.60. The lowest BCUT2D eigenvalue weighted by molar-refractivity contribution is 0.840. The highest BCUT2D eigenvalue weighted by Crippen LogP contribution is 2.29. The Labute approximate surface area is 125 Å². The van der Waals surface area contributed by atoms with Gasteiger partial charge >= 0.3 is 0 Å². The van der Waals surface area contributed by atoms with Crippen molar-refractivity contribution in [2.24, 2.45) is 0 Å². The van der Waals surface area contributed by atoms with E-state index in [-0.39, 0.29) is 6.04 Å². The van der Waals surface area contributed by atoms with Crippen LogP contribution in [0.2, 0.25) is 5.15 Å². The van der Waals surface area contributed by atoms with Gasteiger partial charge in [0, 0.05) is 17.6 Å². The molecule has 20 heavy (non-hydrogen) atoms. The SMILES string of the molecule is Cc1cc(C)c(C(C)Nc2c(C)ccnc2Cl)c(C)n1. The minimum absolute atomic E-state index is 0.128. The Kier molecular flexibility index (Phi) is 4.29. The van der Waals surface area contributed by atoms with Crippen LogP contribution < -0.4 is 5.32 Å². The van der Waals surface area contributed by atoms with Gasteiger partial charge in [0.15, 0.2) is 5.15 Å². The standard InChI is InChI=1S/C16H20ClN3/c1-9-6-7-18-16(17)15(9)20-13(5)14-10(2)8-11(3)19-12(14)4/h6-8,13,20H,1-5H3. The van der Waals surface area contributed by atoms with E-state index in [0.29, 0.717) is 5.15 Å². The van der Waals surface area contributed by atoms with Crippen molar-refractivity contribution in [3.63, 3.8) is 0 Å². The summed E-state index contributed by atoms with van der Waals surface area (Å²) in [7, 11) is 0. The lowest BCUT2D eigenvalue weighted by Crippen LogP contribution is -2.13. The third-order valence-corrected chi connectivity index (χ3v) is 3.78. The number of hydrogen-bond donors (Lipinski definition) is 1. The highest BCUT2D eigenvalue weighted by atomic mass is 35.5. The molecule has 3 nitrogen and oxygen atoms in total. The molecule has 0 aliphatic rings. The predicted molar refractivity (Wildman–Crippen MR) is 84.5 cm³/mol. The van der Waals surface area contributed by atoms with Gasteiger partial charge in [-0.15, -0.1) is 0 Å². The molecule has 106 valence electrons. The van der Waals surface area contributed by atoms with Gasteiger partial charge in [0.1, 0.15) is 0 Å². The molecule has 0 fully saturated rings. The van der Waals surface area contributed by atoms with Gasteiger partial charge in [-0.1, -0.05) is 11.6 Å². The minimum Gasteiger partial charge on any atom is -0.376 e. The van der Waals surface area contributed by atoms with E-state index in [9.17, 15) is 0 Å². The molecule has 0 aliphatic heterocycles. The molecule has 0 bridgehead atoms. The number of rotatable bonds is 3. The van der Waals surface area contributed by atoms with E-state index in [0.717, 1.165) is 22.6 Å². The number of nitrogens with one attached hydrogen (secondary N) is 1. The molecule has 0 saturated heterocycles. The van der Waals surface area contributed by atoms with Crippen molar-refractivity contribution in [2.45, 2.75) is 40.7 Å². The number of anilines is 1. The Morgan fingerprint density at radius 3 is 2.45 bits per heavy atom. The van der Waals surface area contributed by atoms with Crippen molar-refractivity contribution in [3.8, 4) is 0 Å². The van der Waals surface area contributed by atoms with Crippen LogP contribution in [0.3, 0.4) is 0 Å². The zero-order chi connectivity index (χ0) is 14.9. The topological polar surface area (TPSA) is 37.8 Å². The molecular weight excluding hydrogens is 270 g/mol. The maximum Gasteiger partial charge on any atom is 0.152 e. The summed E-state index contributed by atoms with van der Waals surface area (Å²) in [5.41, 5.74) is 6.54. The summed E-state index contributed by atoms with van der Waals surface area (Å²) in [4.78, 5) is 8.69. The van der Waals surface area contributed by atoms with Gasteiger partial charge in [0.05, 0.1) is 11.7 Å². The number of aromatic nitrogens is 2. The Balaban J connectivity index is 2.36. The fourth-order valence-corrected chi connectivity index (χ4v) is 2.94. The third kappa shape index (κ3) is 2.93. The van der Waals surface area contributed by atoms with Crippen molar-refractivity contribution in [1.82, 2.24) is 9.97 Å². The molecule has 0 aliphatic carbocycles. The molecule has 1 unspecified atom stereocenters. The normalized spacial score (nSPS) is 12.3. The van der Waals surface area contributed by atoms with Gasteiger partial charge in [-0.25, -0.2) is 4.98 Å². The fourth-order valence-electron chi connectivity index (χ4n) is 2.68. The van der Waals surface area contributed by atoms with Crippen LogP contribution in [0.1, 0.15) is 41.0 Å². The molecule has 0 aromatic carbocycles. The zero-order valence-corrected chi connectivity index (χ0v) is 13.3. The highest BCUT2D eigenvalue weighted by Gasteiger charge is 2.15. The fraction of sp³-hybridized carbons (Fsp3) is 0.375. The van der Waals surface area contributed by atoms with Crippen molar-refractivity contribution < 1.29 is 0 Å². The monoisotopic (exact) mass is 289 g/mol. The van der Waals surface area contributed by atoms with Crippen molar-refractivity contribution in [3.05, 3.63) is 51.6 Å². The Hall–Kier alpha value is -1.61. The molecule has 2 aromatic rings. The molecule has 0 saturated carbocycles. The van der Waals surface area contributed by atoms with Gasteiger partial charge in [-0.3, -0.25) is 4.98 Å². The third-order valence-electron chi connectivity index (χ3n) is 3.49. The average Bonchev–Trinajstić information content (AvgIpc) is 2.32. The second kappa shape index (κ2) is 5.80. The largest absolute Gasteiger partial charge is 0.376 e. The Morgan fingerprint density at radius 2 is 1.85 bits per heavy atom. The molecule has 0 spiro atoms. The van der Waals surface area contributed by atoms with Crippen LogP contribution in [-0.2, 0) is 0 Å². The number of pyridine rings is 2. The Bertz CT molecular complexity index is 594. The lowest BCUT2D eigenvalue weighted by Gasteiger charge is -2.21. The van der Waals surface area contributed by atoms with E-state index in [1.165, 1.54) is 11.1 Å². The summed E-state index contributed by atoms with van der Waals surface area (Å²) in [6, 6.07) is 4.19. The van der Waals surface area contributed by atoms with Crippen LogP contribution in [0.5, 0.6) is 0 Å². The Morgan fingerprint density at radius 1 is 1.15 bits per heavy atom. The van der Waals surface area contributed by atoms with E-state index in [2.05, 4.69) is 35.2 Å². The van der Waals surface area contributed by atoms with Gasteiger partial charge in [0.25, 0.3) is 0 Å². The molecule has 4 heteroatoms. The second-order valence-electron chi connectivity index (χ2n) is 5.24. The maximum atomic E-state index is 6.18. The number of nitrogens with zero attached hydrogens (tertiary/aromatic N) is 2. The van der Waals surface area contributed by atoms with Crippen LogP contribution in [0.15, 0.2) is 18.3 Å². The van der Waals surface area contributed by atoms with E-state index in [4.69, 9.17) is 11.6 Å². The predicted octanol–water partition coefficient (Wildman–Crippen LogP) is 4.54. The first-order chi connectivity index (χ1) is 9.40. The quantitative estimate of drug-likeness (QED) is 0.843. The summed E-state index contributed by atoms with van der Waals surface area (Å²) >= 11 is 6.18. The first kappa shape index (κ1) is 14.8. The van der Waals surface area contributed by atoms with Gasteiger partial charge in [-0.2, -0.15) is 0 Å². The lowest BCUT2D eigenvalue weighted by atomic mass is 10.00. The molecule has 1 atom stereocenters. The van der Waals surface area contributed by atoms with Gasteiger partial charge < -0.3 is 5.32 Å². The zero-order valence-electron chi connectivity index (χ0n) is 12.6. The molecule has 2 heterocycles. The van der Waals surface area contributed by atoms with Crippen LogP contribution in [0.25, 0.3) is 0 Å². The van der Waals surface area contributed by atoms with Gasteiger partial charge in [0.2, 0.25) is 0 Å². The number of hydrogen-bond acceptors (Lipinski definition) is 3. The summed E-state index contributed by atoms with van der Waals surface area (Å²) in [5.74, 6) is 0. The summed E-state index contributed by atoms with van der Waals surface area (Å²) in [5, 5.41) is 3.97. The first-order valence-electron chi connectivity index (χ1n) is 6.72. The van der Waals surface area contributed by atoms with Crippen LogP contribution in [0, 0.1) is 27.7 Å². The van der Waals surface area contributed by atoms with Crippen LogP contribution in [-0.4, -0.2) is 9.97 Å². The van der Waals surface area contributed by atoms with Crippen LogP contribution in [0.4, 0.5) is 5.69 Å². The smallest absolute Gasteiger partial charge is 0.152 e. The number of halogens is 1. The first-order valence-corrected chi connectivity index (χ1v) is 7.10. The molecule has 0 amide bonds. The molecule has 0 radical (unpaired) electrons. The van der Waals surface area contributed by atoms with E-state index >= 15 is 0 Å². The maximum absolute atomic E-state index is 6.18. The molecule has 1 N–H and O–H groups in total. The molecular formula is C16H20ClN3. The summed E-state index contributed by atoms with van der Waals surface area (Å²) in [6.07, 6.45) is 1.72. The van der Waals surface area contributed by atoms with E-state index in [1.54, 1.807) is 6.20 Å². The van der Waals surface area contributed by atoms with Gasteiger partial charge in [-0.05, 0) is 63.4 Å². The van der Waals surface area contributed by atoms with E-state index in [1.807, 2.05) is 26.8 Å². The van der Waals surface area contributed by atoms with Crippen LogP contribution >= 0.6 is 11.6 Å².